The molecule has 0 amide bonds. The van der Waals surface area contributed by atoms with Gasteiger partial charge in [-0.3, -0.25) is 10.1 Å². The molecule has 3 rings (SSSR count). The lowest BCUT2D eigenvalue weighted by atomic mass is 10.0. The summed E-state index contributed by atoms with van der Waals surface area (Å²) in [6.07, 6.45) is 0. The Morgan fingerprint density at radius 2 is 1.50 bits per heavy atom. The summed E-state index contributed by atoms with van der Waals surface area (Å²) < 4.78 is 0. The number of non-ortho nitro benzene ring substituents is 1. The van der Waals surface area contributed by atoms with Gasteiger partial charge >= 0.3 is 0 Å². The Bertz CT molecular complexity index is 1020. The zero-order chi connectivity index (χ0) is 22.1. The van der Waals surface area contributed by atoms with E-state index >= 15 is 0 Å². The second kappa shape index (κ2) is 8.68. The van der Waals surface area contributed by atoms with Crippen molar-refractivity contribution in [1.82, 2.24) is 4.98 Å². The molecule has 0 saturated heterocycles. The predicted molar refractivity (Wildman–Crippen MR) is 129 cm³/mol. The summed E-state index contributed by atoms with van der Waals surface area (Å²) in [5.41, 5.74) is 6.00. The number of aromatic nitrogens is 1. The van der Waals surface area contributed by atoms with Gasteiger partial charge in [0.05, 0.1) is 24.2 Å². The lowest BCUT2D eigenvalue weighted by molar-refractivity contribution is -0.384. The van der Waals surface area contributed by atoms with Crippen molar-refractivity contribution in [2.45, 2.75) is 64.2 Å². The highest BCUT2D eigenvalue weighted by molar-refractivity contribution is 6.83. The van der Waals surface area contributed by atoms with Gasteiger partial charge in [0.2, 0.25) is 0 Å². The lowest BCUT2D eigenvalue weighted by Gasteiger charge is -2.43. The summed E-state index contributed by atoms with van der Waals surface area (Å²) in [6.45, 7) is 14.1. The van der Waals surface area contributed by atoms with Crippen molar-refractivity contribution in [3.05, 3.63) is 70.3 Å². The Morgan fingerprint density at radius 3 is 2.03 bits per heavy atom. The van der Waals surface area contributed by atoms with E-state index in [1.165, 1.54) is 5.56 Å². The van der Waals surface area contributed by atoms with E-state index in [-0.39, 0.29) is 10.6 Å². The number of hydrogen-bond donors (Lipinski definition) is 0. The molecule has 0 aliphatic heterocycles. The predicted octanol–water partition coefficient (Wildman–Crippen LogP) is 7.57. The largest absolute Gasteiger partial charge is 0.270 e. The summed E-state index contributed by atoms with van der Waals surface area (Å²) >= 11 is 0. The monoisotopic (exact) mass is 420 g/mol. The molecule has 0 radical (unpaired) electrons. The van der Waals surface area contributed by atoms with Gasteiger partial charge < -0.3 is 0 Å². The van der Waals surface area contributed by atoms with Crippen LogP contribution >= 0.6 is 0 Å². The molecule has 0 atom stereocenters. The smallest absolute Gasteiger partial charge is 0.258 e. The van der Waals surface area contributed by atoms with Gasteiger partial charge in [0.1, 0.15) is 0 Å². The fourth-order valence-corrected chi connectivity index (χ4v) is 11.4. The minimum absolute atomic E-state index is 0.129. The fourth-order valence-electron chi connectivity index (χ4n) is 5.24. The quantitative estimate of drug-likeness (QED) is 0.225. The molecule has 1 aromatic heterocycles. The number of nitrogens with zero attached hydrogens (tertiary/aromatic N) is 2. The molecule has 158 valence electrons. The molecule has 0 spiro atoms. The minimum Gasteiger partial charge on any atom is -0.258 e. The second-order valence-corrected chi connectivity index (χ2v) is 15.3. The number of pyridine rings is 1. The summed E-state index contributed by atoms with van der Waals surface area (Å²) in [5.74, 6) is 0. The minimum atomic E-state index is -1.75. The number of benzene rings is 2. The van der Waals surface area contributed by atoms with Crippen LogP contribution in [0.2, 0.25) is 16.6 Å². The van der Waals surface area contributed by atoms with Crippen LogP contribution in [-0.2, 0) is 6.04 Å². The topological polar surface area (TPSA) is 56.0 Å². The molecule has 0 aliphatic carbocycles. The maximum absolute atomic E-state index is 11.4. The first-order valence-electron chi connectivity index (χ1n) is 10.8. The summed E-state index contributed by atoms with van der Waals surface area (Å²) in [6, 6.07) is 18.4. The highest BCUT2D eigenvalue weighted by Crippen LogP contribution is 2.45. The molecule has 4 nitrogen and oxygen atoms in total. The second-order valence-electron chi connectivity index (χ2n) is 9.24. The van der Waals surface area contributed by atoms with Gasteiger partial charge in [-0.2, -0.15) is 0 Å². The Kier molecular flexibility index (Phi) is 6.41. The summed E-state index contributed by atoms with van der Waals surface area (Å²) in [4.78, 5) is 16.0. The SMILES string of the molecule is CC(C)[Si](Cc1cc(-c2ccccc2)nc2ccc([N+](=O)[O-])cc12)(C(C)C)C(C)C. The number of nitro benzene ring substituents is 1. The highest BCUT2D eigenvalue weighted by Gasteiger charge is 2.42. The van der Waals surface area contributed by atoms with E-state index in [1.54, 1.807) is 18.2 Å². The first-order chi connectivity index (χ1) is 14.2. The van der Waals surface area contributed by atoms with Gasteiger partial charge in [-0.05, 0) is 23.7 Å². The molecule has 0 unspecified atom stereocenters. The van der Waals surface area contributed by atoms with E-state index < -0.39 is 8.07 Å². The van der Waals surface area contributed by atoms with E-state index in [2.05, 4.69) is 59.7 Å². The van der Waals surface area contributed by atoms with Crippen LogP contribution in [0.1, 0.15) is 47.1 Å². The van der Waals surface area contributed by atoms with Gasteiger partial charge in [0, 0.05) is 23.1 Å². The van der Waals surface area contributed by atoms with Crippen molar-refractivity contribution in [1.29, 1.82) is 0 Å². The molecule has 30 heavy (non-hydrogen) atoms. The first kappa shape index (κ1) is 22.2. The van der Waals surface area contributed by atoms with Gasteiger partial charge in [-0.25, -0.2) is 4.98 Å². The van der Waals surface area contributed by atoms with Gasteiger partial charge in [-0.1, -0.05) is 88.5 Å². The lowest BCUT2D eigenvalue weighted by Crippen LogP contribution is -2.47. The van der Waals surface area contributed by atoms with Gasteiger partial charge in [0.15, 0.2) is 0 Å². The Morgan fingerprint density at radius 1 is 0.900 bits per heavy atom. The van der Waals surface area contributed by atoms with Crippen LogP contribution in [0.5, 0.6) is 0 Å². The first-order valence-corrected chi connectivity index (χ1v) is 13.2. The molecule has 0 saturated carbocycles. The van der Waals surface area contributed by atoms with E-state index in [1.807, 2.05) is 18.2 Å². The summed E-state index contributed by atoms with van der Waals surface area (Å²) in [7, 11) is -1.75. The summed E-state index contributed by atoms with van der Waals surface area (Å²) in [5, 5.41) is 12.4. The Balaban J connectivity index is 2.28. The van der Waals surface area contributed by atoms with Crippen molar-refractivity contribution in [3.8, 4) is 11.3 Å². The average Bonchev–Trinajstić information content (AvgIpc) is 2.71. The van der Waals surface area contributed by atoms with E-state index in [0.717, 1.165) is 28.2 Å². The molecular weight excluding hydrogens is 388 g/mol. The molecule has 0 bridgehead atoms. The molecule has 2 aromatic carbocycles. The van der Waals surface area contributed by atoms with Crippen LogP contribution in [0, 0.1) is 10.1 Å². The average molecular weight is 421 g/mol. The van der Waals surface area contributed by atoms with Crippen molar-refractivity contribution in [2.75, 3.05) is 0 Å². The standard InChI is InChI=1S/C25H32N2O2Si/c1-17(2)30(18(3)4,19(5)6)16-21-14-25(20-10-8-7-9-11-20)26-24-13-12-22(27(28)29)15-23(21)24/h7-15,17-19H,16H2,1-6H3. The normalized spacial score (nSPS) is 12.3. The van der Waals surface area contributed by atoms with Crippen molar-refractivity contribution < 1.29 is 4.92 Å². The maximum atomic E-state index is 11.4. The number of hydrogen-bond acceptors (Lipinski definition) is 3. The van der Waals surface area contributed by atoms with E-state index in [9.17, 15) is 10.1 Å². The zero-order valence-electron chi connectivity index (χ0n) is 18.8. The third kappa shape index (κ3) is 4.04. The van der Waals surface area contributed by atoms with Crippen LogP contribution < -0.4 is 0 Å². The molecule has 3 aromatic rings. The van der Waals surface area contributed by atoms with Crippen LogP contribution in [0.4, 0.5) is 5.69 Å². The van der Waals surface area contributed by atoms with Crippen molar-refractivity contribution >= 4 is 24.7 Å². The maximum Gasteiger partial charge on any atom is 0.270 e. The molecule has 1 heterocycles. The Hall–Kier alpha value is -2.53. The Labute approximate surface area is 180 Å². The number of rotatable bonds is 7. The van der Waals surface area contributed by atoms with E-state index in [4.69, 9.17) is 4.98 Å². The van der Waals surface area contributed by atoms with Crippen LogP contribution in [0.15, 0.2) is 54.6 Å². The number of nitro groups is 1. The van der Waals surface area contributed by atoms with Crippen molar-refractivity contribution in [2.24, 2.45) is 0 Å². The zero-order valence-corrected chi connectivity index (χ0v) is 19.8. The van der Waals surface area contributed by atoms with Crippen molar-refractivity contribution in [3.63, 3.8) is 0 Å². The van der Waals surface area contributed by atoms with E-state index in [0.29, 0.717) is 16.6 Å². The van der Waals surface area contributed by atoms with Crippen LogP contribution in [0.25, 0.3) is 22.2 Å². The molecule has 0 aliphatic rings. The third-order valence-corrected chi connectivity index (χ3v) is 14.3. The fraction of sp³-hybridized carbons (Fsp3) is 0.400. The molecule has 5 heteroatoms. The van der Waals surface area contributed by atoms with Crippen LogP contribution in [-0.4, -0.2) is 18.0 Å². The van der Waals surface area contributed by atoms with Crippen LogP contribution in [0.3, 0.4) is 0 Å². The van der Waals surface area contributed by atoms with Gasteiger partial charge in [0.25, 0.3) is 5.69 Å². The van der Waals surface area contributed by atoms with Gasteiger partial charge in [-0.15, -0.1) is 0 Å². The third-order valence-electron chi connectivity index (χ3n) is 6.88. The molecular formula is C25H32N2O2Si. The highest BCUT2D eigenvalue weighted by atomic mass is 28.3. The molecule has 0 N–H and O–H groups in total. The molecule has 0 fully saturated rings. The number of fused-ring (bicyclic) bond motifs is 1.